The Labute approximate surface area is 136 Å². The molecule has 4 heteroatoms. The maximum atomic E-state index is 13.6. The summed E-state index contributed by atoms with van der Waals surface area (Å²) >= 11 is 0. The molecule has 0 spiro atoms. The molecule has 1 heterocycles. The minimum absolute atomic E-state index is 0.0875. The van der Waals surface area contributed by atoms with Gasteiger partial charge in [-0.15, -0.1) is 0 Å². The summed E-state index contributed by atoms with van der Waals surface area (Å²) in [7, 11) is 0. The maximum absolute atomic E-state index is 13.6. The third kappa shape index (κ3) is 3.96. The molecule has 0 aliphatic carbocycles. The van der Waals surface area contributed by atoms with Crippen molar-refractivity contribution in [1.82, 2.24) is 10.2 Å². The van der Waals surface area contributed by atoms with Crippen molar-refractivity contribution < 1.29 is 9.18 Å². The fourth-order valence-electron chi connectivity index (χ4n) is 2.98. The number of nitrogens with zero attached hydrogens (tertiary/aromatic N) is 1. The van der Waals surface area contributed by atoms with E-state index < -0.39 is 5.82 Å². The predicted molar refractivity (Wildman–Crippen MR) is 88.5 cm³/mol. The first-order chi connectivity index (χ1) is 11.2. The number of carbonyl (C=O) groups excluding carboxylic acids is 1. The summed E-state index contributed by atoms with van der Waals surface area (Å²) in [6, 6.07) is 14.2. The van der Waals surface area contributed by atoms with Gasteiger partial charge >= 0.3 is 0 Å². The highest BCUT2D eigenvalue weighted by molar-refractivity contribution is 5.94. The molecule has 0 saturated carbocycles. The van der Waals surface area contributed by atoms with Crippen molar-refractivity contribution in [3.63, 3.8) is 0 Å². The summed E-state index contributed by atoms with van der Waals surface area (Å²) in [5, 5.41) is 2.82. The minimum atomic E-state index is -0.490. The third-order valence-corrected chi connectivity index (χ3v) is 4.27. The molecule has 3 nitrogen and oxygen atoms in total. The number of rotatable bonds is 5. The molecule has 23 heavy (non-hydrogen) atoms. The maximum Gasteiger partial charge on any atom is 0.254 e. The monoisotopic (exact) mass is 312 g/mol. The van der Waals surface area contributed by atoms with E-state index in [0.29, 0.717) is 6.54 Å². The Bertz CT molecular complexity index is 681. The van der Waals surface area contributed by atoms with Crippen molar-refractivity contribution in [1.29, 1.82) is 0 Å². The first-order valence-electron chi connectivity index (χ1n) is 8.06. The van der Waals surface area contributed by atoms with Crippen molar-refractivity contribution in [2.24, 2.45) is 0 Å². The number of halogens is 1. The molecule has 1 aliphatic heterocycles. The average molecular weight is 312 g/mol. The molecule has 1 amide bonds. The molecule has 0 unspecified atom stereocenters. The lowest BCUT2D eigenvalue weighted by Gasteiger charge is -2.17. The van der Waals surface area contributed by atoms with Crippen LogP contribution in [-0.2, 0) is 13.1 Å². The number of carbonyl (C=O) groups is 1. The van der Waals surface area contributed by atoms with Gasteiger partial charge in [0.05, 0.1) is 5.56 Å². The Kier molecular flexibility index (Phi) is 5.03. The van der Waals surface area contributed by atoms with Crippen molar-refractivity contribution in [2.75, 3.05) is 13.1 Å². The Hall–Kier alpha value is -2.20. The Morgan fingerprint density at radius 3 is 2.39 bits per heavy atom. The molecule has 1 saturated heterocycles. The van der Waals surface area contributed by atoms with Crippen LogP contribution in [-0.4, -0.2) is 23.9 Å². The SMILES string of the molecule is O=C(NCc1ccccc1CN1CCCC1)c1ccccc1F. The van der Waals surface area contributed by atoms with Gasteiger partial charge in [0.25, 0.3) is 5.91 Å². The van der Waals surface area contributed by atoms with Gasteiger partial charge in [-0.25, -0.2) is 4.39 Å². The van der Waals surface area contributed by atoms with Crippen molar-refractivity contribution in [2.45, 2.75) is 25.9 Å². The van der Waals surface area contributed by atoms with E-state index in [0.717, 1.165) is 25.2 Å². The molecule has 0 bridgehead atoms. The van der Waals surface area contributed by atoms with Crippen LogP contribution in [0.3, 0.4) is 0 Å². The Morgan fingerprint density at radius 2 is 1.65 bits per heavy atom. The normalized spacial score (nSPS) is 14.8. The second-order valence-corrected chi connectivity index (χ2v) is 5.91. The number of nitrogens with one attached hydrogen (secondary N) is 1. The van der Waals surface area contributed by atoms with Crippen molar-refractivity contribution in [3.8, 4) is 0 Å². The summed E-state index contributed by atoms with van der Waals surface area (Å²) in [5.41, 5.74) is 2.40. The van der Waals surface area contributed by atoms with Crippen molar-refractivity contribution in [3.05, 3.63) is 71.0 Å². The van der Waals surface area contributed by atoms with E-state index in [1.165, 1.54) is 30.5 Å². The Balaban J connectivity index is 1.66. The minimum Gasteiger partial charge on any atom is -0.348 e. The molecule has 2 aromatic rings. The predicted octanol–water partition coefficient (Wildman–Crippen LogP) is 3.35. The van der Waals surface area contributed by atoms with Gasteiger partial charge in [0.15, 0.2) is 0 Å². The summed E-state index contributed by atoms with van der Waals surface area (Å²) < 4.78 is 13.6. The van der Waals surface area contributed by atoms with Gasteiger partial charge in [0.2, 0.25) is 0 Å². The number of hydrogen-bond donors (Lipinski definition) is 1. The molecule has 2 aromatic carbocycles. The number of likely N-dealkylation sites (tertiary alicyclic amines) is 1. The lowest BCUT2D eigenvalue weighted by atomic mass is 10.1. The first-order valence-corrected chi connectivity index (χ1v) is 8.06. The van der Waals surface area contributed by atoms with Crippen molar-refractivity contribution >= 4 is 5.91 Å². The van der Waals surface area contributed by atoms with E-state index in [2.05, 4.69) is 16.3 Å². The van der Waals surface area contributed by atoms with Gasteiger partial charge in [-0.3, -0.25) is 9.69 Å². The Morgan fingerprint density at radius 1 is 1.00 bits per heavy atom. The van der Waals surface area contributed by atoms with E-state index >= 15 is 0 Å². The number of benzene rings is 2. The van der Waals surface area contributed by atoms with Crippen LogP contribution in [0.25, 0.3) is 0 Å². The van der Waals surface area contributed by atoms with Crippen LogP contribution in [0.4, 0.5) is 4.39 Å². The third-order valence-electron chi connectivity index (χ3n) is 4.27. The summed E-state index contributed by atoms with van der Waals surface area (Å²) in [4.78, 5) is 14.6. The molecule has 120 valence electrons. The number of hydrogen-bond acceptors (Lipinski definition) is 2. The van der Waals surface area contributed by atoms with Crippen LogP contribution >= 0.6 is 0 Å². The van der Waals surface area contributed by atoms with Gasteiger partial charge in [0.1, 0.15) is 5.82 Å². The van der Waals surface area contributed by atoms with Crippen LogP contribution in [0.1, 0.15) is 34.3 Å². The molecule has 3 rings (SSSR count). The zero-order valence-electron chi connectivity index (χ0n) is 13.1. The lowest BCUT2D eigenvalue weighted by Crippen LogP contribution is -2.25. The van der Waals surface area contributed by atoms with Gasteiger partial charge < -0.3 is 5.32 Å². The van der Waals surface area contributed by atoms with E-state index in [1.54, 1.807) is 12.1 Å². The van der Waals surface area contributed by atoms with Crippen LogP contribution in [0.2, 0.25) is 0 Å². The lowest BCUT2D eigenvalue weighted by molar-refractivity contribution is 0.0946. The van der Waals surface area contributed by atoms with Gasteiger partial charge in [0, 0.05) is 13.1 Å². The highest BCUT2D eigenvalue weighted by Crippen LogP contribution is 2.16. The molecular formula is C19H21FN2O. The summed E-state index contributed by atoms with van der Waals surface area (Å²) in [6.07, 6.45) is 2.51. The van der Waals surface area contributed by atoms with Crippen LogP contribution in [0, 0.1) is 5.82 Å². The molecule has 1 fully saturated rings. The van der Waals surface area contributed by atoms with Gasteiger partial charge in [-0.05, 0) is 49.2 Å². The van der Waals surface area contributed by atoms with E-state index in [4.69, 9.17) is 0 Å². The van der Waals surface area contributed by atoms with E-state index in [1.807, 2.05) is 18.2 Å². The smallest absolute Gasteiger partial charge is 0.254 e. The summed E-state index contributed by atoms with van der Waals surface area (Å²) in [5.74, 6) is -0.866. The fourth-order valence-corrected chi connectivity index (χ4v) is 2.98. The van der Waals surface area contributed by atoms with Gasteiger partial charge in [-0.1, -0.05) is 36.4 Å². The largest absolute Gasteiger partial charge is 0.348 e. The van der Waals surface area contributed by atoms with Crippen LogP contribution < -0.4 is 5.32 Å². The molecule has 0 aromatic heterocycles. The standard InChI is InChI=1S/C19H21FN2O/c20-18-10-4-3-9-17(18)19(23)21-13-15-7-1-2-8-16(15)14-22-11-5-6-12-22/h1-4,7-10H,5-6,11-14H2,(H,21,23). The second kappa shape index (κ2) is 7.38. The molecule has 0 atom stereocenters. The van der Waals surface area contributed by atoms with E-state index in [9.17, 15) is 9.18 Å². The zero-order valence-corrected chi connectivity index (χ0v) is 13.1. The molecule has 1 aliphatic rings. The van der Waals surface area contributed by atoms with E-state index in [-0.39, 0.29) is 11.5 Å². The van der Waals surface area contributed by atoms with Gasteiger partial charge in [-0.2, -0.15) is 0 Å². The molecular weight excluding hydrogens is 291 g/mol. The fraction of sp³-hybridized carbons (Fsp3) is 0.316. The summed E-state index contributed by atoms with van der Waals surface area (Å²) in [6.45, 7) is 3.59. The first kappa shape index (κ1) is 15.7. The molecule has 0 radical (unpaired) electrons. The number of amides is 1. The molecule has 1 N–H and O–H groups in total. The average Bonchev–Trinajstić information content (AvgIpc) is 3.07. The van der Waals surface area contributed by atoms with Crippen LogP contribution in [0.5, 0.6) is 0 Å². The topological polar surface area (TPSA) is 32.3 Å². The van der Waals surface area contributed by atoms with Crippen LogP contribution in [0.15, 0.2) is 48.5 Å². The second-order valence-electron chi connectivity index (χ2n) is 5.91. The zero-order chi connectivity index (χ0) is 16.1. The quantitative estimate of drug-likeness (QED) is 0.918. The highest BCUT2D eigenvalue weighted by Gasteiger charge is 2.15. The highest BCUT2D eigenvalue weighted by atomic mass is 19.1.